The number of alkyl halides is 3. The minimum Gasteiger partial charge on any atom is -0.363 e. The Morgan fingerprint density at radius 1 is 1.14 bits per heavy atom. The zero-order valence-electron chi connectivity index (χ0n) is 15.2. The Kier molecular flexibility index (Phi) is 4.68. The van der Waals surface area contributed by atoms with E-state index in [-0.39, 0.29) is 17.5 Å². The first kappa shape index (κ1) is 19.0. The number of nitro benzene ring substituents is 1. The average Bonchev–Trinajstić information content (AvgIpc) is 3.10. The molecule has 1 amide bonds. The van der Waals surface area contributed by atoms with Crippen LogP contribution >= 0.6 is 0 Å². The number of benzene rings is 1. The topological polar surface area (TPSA) is 69.9 Å². The summed E-state index contributed by atoms with van der Waals surface area (Å²) in [7, 11) is 0. The third kappa shape index (κ3) is 3.30. The summed E-state index contributed by atoms with van der Waals surface area (Å²) in [6.45, 7) is 2.67. The van der Waals surface area contributed by atoms with E-state index in [0.717, 1.165) is 25.3 Å². The van der Waals surface area contributed by atoms with Gasteiger partial charge in [0.15, 0.2) is 0 Å². The zero-order valence-corrected chi connectivity index (χ0v) is 15.2. The summed E-state index contributed by atoms with van der Waals surface area (Å²) in [5.74, 6) is 0.402. The quantitative estimate of drug-likeness (QED) is 0.443. The minimum atomic E-state index is -4.62. The van der Waals surface area contributed by atoms with Crippen molar-refractivity contribution in [2.45, 2.75) is 31.5 Å². The van der Waals surface area contributed by atoms with Gasteiger partial charge in [0.25, 0.3) is 5.69 Å². The van der Waals surface area contributed by atoms with E-state index < -0.39 is 22.4 Å². The summed E-state index contributed by atoms with van der Waals surface area (Å²) in [5, 5.41) is 11.3. The van der Waals surface area contributed by atoms with Crippen LogP contribution in [-0.4, -0.2) is 59.5 Å². The van der Waals surface area contributed by atoms with Crippen LogP contribution in [0.2, 0.25) is 0 Å². The Morgan fingerprint density at radius 2 is 1.86 bits per heavy atom. The van der Waals surface area contributed by atoms with Crippen molar-refractivity contribution in [1.29, 1.82) is 0 Å². The number of rotatable bonds is 4. The first-order chi connectivity index (χ1) is 13.3. The number of fused-ring (bicyclic) bond motifs is 1. The summed E-state index contributed by atoms with van der Waals surface area (Å²) < 4.78 is 38.6. The molecule has 0 aromatic heterocycles. The van der Waals surface area contributed by atoms with Gasteiger partial charge in [-0.05, 0) is 25.0 Å². The predicted molar refractivity (Wildman–Crippen MR) is 94.7 cm³/mol. The lowest BCUT2D eigenvalue weighted by Crippen LogP contribution is -2.62. The molecule has 0 radical (unpaired) electrons. The van der Waals surface area contributed by atoms with Gasteiger partial charge in [-0.2, -0.15) is 13.2 Å². The SMILES string of the molecule is O=C1[C@H]2CCC[C@H]2N1CN1CCN(c2ccc(C(F)(F)F)cc2[N+](=O)[O-])CC1. The van der Waals surface area contributed by atoms with Gasteiger partial charge in [-0.3, -0.25) is 19.8 Å². The molecule has 0 spiro atoms. The minimum absolute atomic E-state index is 0.191. The number of piperazine rings is 1. The van der Waals surface area contributed by atoms with Crippen LogP contribution in [-0.2, 0) is 11.0 Å². The van der Waals surface area contributed by atoms with Crippen LogP contribution < -0.4 is 4.90 Å². The van der Waals surface area contributed by atoms with Crippen molar-refractivity contribution in [3.05, 3.63) is 33.9 Å². The van der Waals surface area contributed by atoms with E-state index in [1.807, 2.05) is 4.90 Å². The third-order valence-electron chi connectivity index (χ3n) is 6.04. The van der Waals surface area contributed by atoms with Gasteiger partial charge >= 0.3 is 6.18 Å². The predicted octanol–water partition coefficient (Wildman–Crippen LogP) is 2.70. The molecular weight excluding hydrogens is 377 g/mol. The number of nitrogens with zero attached hydrogens (tertiary/aromatic N) is 4. The highest BCUT2D eigenvalue weighted by Gasteiger charge is 2.49. The van der Waals surface area contributed by atoms with Crippen molar-refractivity contribution in [3.63, 3.8) is 0 Å². The largest absolute Gasteiger partial charge is 0.416 e. The molecule has 2 saturated heterocycles. The molecule has 1 aliphatic carbocycles. The average molecular weight is 398 g/mol. The van der Waals surface area contributed by atoms with Gasteiger partial charge in [-0.1, -0.05) is 6.42 Å². The fourth-order valence-electron chi connectivity index (χ4n) is 4.53. The molecule has 1 saturated carbocycles. The van der Waals surface area contributed by atoms with Crippen molar-refractivity contribution in [3.8, 4) is 0 Å². The summed E-state index contributed by atoms with van der Waals surface area (Å²) in [5.41, 5.74) is -1.35. The molecule has 0 bridgehead atoms. The van der Waals surface area contributed by atoms with Crippen LogP contribution in [0.4, 0.5) is 24.5 Å². The first-order valence-electron chi connectivity index (χ1n) is 9.39. The molecule has 2 aliphatic heterocycles. The molecule has 3 aliphatic rings. The van der Waals surface area contributed by atoms with Crippen LogP contribution in [0.5, 0.6) is 0 Å². The lowest BCUT2D eigenvalue weighted by atomic mass is 9.91. The number of β-lactam (4-membered cyclic amide) rings is 1. The maximum Gasteiger partial charge on any atom is 0.416 e. The van der Waals surface area contributed by atoms with E-state index in [1.165, 1.54) is 6.07 Å². The van der Waals surface area contributed by atoms with E-state index in [2.05, 4.69) is 4.90 Å². The third-order valence-corrected chi connectivity index (χ3v) is 6.04. The molecule has 10 heteroatoms. The second-order valence-electron chi connectivity index (χ2n) is 7.62. The number of hydrogen-bond donors (Lipinski definition) is 0. The van der Waals surface area contributed by atoms with Crippen LogP contribution in [0, 0.1) is 16.0 Å². The van der Waals surface area contributed by atoms with E-state index in [9.17, 15) is 28.1 Å². The van der Waals surface area contributed by atoms with Crippen molar-refractivity contribution < 1.29 is 22.9 Å². The molecule has 7 nitrogen and oxygen atoms in total. The van der Waals surface area contributed by atoms with E-state index >= 15 is 0 Å². The van der Waals surface area contributed by atoms with E-state index in [1.54, 1.807) is 4.90 Å². The smallest absolute Gasteiger partial charge is 0.363 e. The van der Waals surface area contributed by atoms with Crippen molar-refractivity contribution in [1.82, 2.24) is 9.80 Å². The molecule has 4 rings (SSSR count). The molecule has 3 fully saturated rings. The molecule has 2 atom stereocenters. The van der Waals surface area contributed by atoms with Crippen LogP contribution in [0.3, 0.4) is 0 Å². The van der Waals surface area contributed by atoms with Gasteiger partial charge in [0.05, 0.1) is 23.1 Å². The Hall–Kier alpha value is -2.36. The van der Waals surface area contributed by atoms with Crippen LogP contribution in [0.1, 0.15) is 24.8 Å². The Bertz CT molecular complexity index is 793. The molecular formula is C18H21F3N4O3. The Labute approximate surface area is 159 Å². The highest BCUT2D eigenvalue weighted by molar-refractivity contribution is 5.86. The Morgan fingerprint density at radius 3 is 2.50 bits per heavy atom. The maximum absolute atomic E-state index is 12.9. The van der Waals surface area contributed by atoms with Gasteiger partial charge in [0.1, 0.15) is 5.69 Å². The highest BCUT2D eigenvalue weighted by Crippen LogP contribution is 2.40. The highest BCUT2D eigenvalue weighted by atomic mass is 19.4. The van der Waals surface area contributed by atoms with E-state index in [4.69, 9.17) is 0 Å². The summed E-state index contributed by atoms with van der Waals surface area (Å²) in [6, 6.07) is 3.01. The molecule has 0 N–H and O–H groups in total. The number of anilines is 1. The molecule has 1 aromatic carbocycles. The van der Waals surface area contributed by atoms with E-state index in [0.29, 0.717) is 45.0 Å². The number of hydrogen-bond acceptors (Lipinski definition) is 5. The monoisotopic (exact) mass is 398 g/mol. The molecule has 1 aromatic rings. The van der Waals surface area contributed by atoms with Crippen molar-refractivity contribution in [2.24, 2.45) is 5.92 Å². The van der Waals surface area contributed by atoms with Crippen molar-refractivity contribution in [2.75, 3.05) is 37.7 Å². The molecule has 28 heavy (non-hydrogen) atoms. The second kappa shape index (κ2) is 6.91. The fraction of sp³-hybridized carbons (Fsp3) is 0.611. The summed E-state index contributed by atoms with van der Waals surface area (Å²) in [4.78, 5) is 28.5. The number of carbonyl (C=O) groups is 1. The van der Waals surface area contributed by atoms with Crippen LogP contribution in [0.25, 0.3) is 0 Å². The normalized spacial score (nSPS) is 25.6. The zero-order chi connectivity index (χ0) is 20.1. The first-order valence-corrected chi connectivity index (χ1v) is 9.39. The summed E-state index contributed by atoms with van der Waals surface area (Å²) >= 11 is 0. The van der Waals surface area contributed by atoms with Gasteiger partial charge in [-0.15, -0.1) is 0 Å². The summed E-state index contributed by atoms with van der Waals surface area (Å²) in [6.07, 6.45) is -1.51. The lowest BCUT2D eigenvalue weighted by molar-refractivity contribution is -0.384. The number of halogens is 3. The number of likely N-dealkylation sites (tertiary alicyclic amines) is 1. The number of amides is 1. The van der Waals surface area contributed by atoms with Gasteiger partial charge in [-0.25, -0.2) is 0 Å². The Balaban J connectivity index is 1.41. The standard InChI is InChI=1S/C18H21F3N4O3/c19-18(20,21)12-4-5-15(16(10-12)25(27)28)23-8-6-22(7-9-23)11-24-14-3-1-2-13(14)17(24)26/h4-5,10,13-14H,1-3,6-9,11H2/t13-,14+/m0/s1. The molecule has 152 valence electrons. The number of nitro groups is 1. The maximum atomic E-state index is 12.9. The fourth-order valence-corrected chi connectivity index (χ4v) is 4.53. The van der Waals surface area contributed by atoms with Gasteiger partial charge < -0.3 is 9.80 Å². The lowest BCUT2D eigenvalue weighted by Gasteiger charge is -2.47. The molecule has 2 heterocycles. The number of carbonyl (C=O) groups excluding carboxylic acids is 1. The van der Waals surface area contributed by atoms with Gasteiger partial charge in [0, 0.05) is 38.3 Å². The van der Waals surface area contributed by atoms with Gasteiger partial charge in [0.2, 0.25) is 5.91 Å². The van der Waals surface area contributed by atoms with Crippen LogP contribution in [0.15, 0.2) is 18.2 Å². The van der Waals surface area contributed by atoms with Crippen molar-refractivity contribution >= 4 is 17.3 Å². The molecule has 0 unspecified atom stereocenters. The second-order valence-corrected chi connectivity index (χ2v) is 7.62.